The zero-order chi connectivity index (χ0) is 14.4. The fourth-order valence-corrected chi connectivity index (χ4v) is 2.78. The van der Waals surface area contributed by atoms with Gasteiger partial charge >= 0.3 is 0 Å². The van der Waals surface area contributed by atoms with E-state index in [1.807, 2.05) is 24.3 Å². The van der Waals surface area contributed by atoms with Crippen LogP contribution in [0.4, 0.5) is 0 Å². The Morgan fingerprint density at radius 1 is 1.05 bits per heavy atom. The summed E-state index contributed by atoms with van der Waals surface area (Å²) in [7, 11) is 0. The largest absolute Gasteiger partial charge is 0.310 e. The summed E-state index contributed by atoms with van der Waals surface area (Å²) in [5.41, 5.74) is 2.42. The number of halogens is 2. The van der Waals surface area contributed by atoms with E-state index in [1.54, 1.807) is 0 Å². The normalized spacial score (nSPS) is 12.3. The smallest absolute Gasteiger partial charge is 0.0454 e. The van der Waals surface area contributed by atoms with Crippen molar-refractivity contribution in [1.82, 2.24) is 5.32 Å². The molecule has 20 heavy (non-hydrogen) atoms. The van der Waals surface area contributed by atoms with Gasteiger partial charge in [-0.25, -0.2) is 0 Å². The first-order valence-electron chi connectivity index (χ1n) is 6.93. The Bertz CT molecular complexity index is 540. The highest BCUT2D eigenvalue weighted by Crippen LogP contribution is 2.29. The van der Waals surface area contributed by atoms with E-state index < -0.39 is 0 Å². The zero-order valence-electron chi connectivity index (χ0n) is 11.6. The maximum atomic E-state index is 6.31. The zero-order valence-corrected chi connectivity index (χ0v) is 13.1. The van der Waals surface area contributed by atoms with Gasteiger partial charge in [-0.05, 0) is 48.7 Å². The molecule has 0 heterocycles. The Kier molecular flexibility index (Phi) is 5.90. The van der Waals surface area contributed by atoms with Gasteiger partial charge in [0.25, 0.3) is 0 Å². The molecule has 0 aliphatic rings. The van der Waals surface area contributed by atoms with E-state index in [0.29, 0.717) is 0 Å². The number of nitrogens with one attached hydrogen (secondary N) is 1. The van der Waals surface area contributed by atoms with Crippen LogP contribution in [-0.4, -0.2) is 6.54 Å². The molecule has 0 fully saturated rings. The van der Waals surface area contributed by atoms with E-state index in [-0.39, 0.29) is 6.04 Å². The lowest BCUT2D eigenvalue weighted by Crippen LogP contribution is -2.21. The maximum Gasteiger partial charge on any atom is 0.0454 e. The van der Waals surface area contributed by atoms with E-state index in [4.69, 9.17) is 23.2 Å². The topological polar surface area (TPSA) is 12.0 Å². The van der Waals surface area contributed by atoms with E-state index >= 15 is 0 Å². The lowest BCUT2D eigenvalue weighted by molar-refractivity contribution is 0.515. The molecule has 1 N–H and O–H groups in total. The molecule has 106 valence electrons. The first-order chi connectivity index (χ1) is 9.70. The Morgan fingerprint density at radius 3 is 2.50 bits per heavy atom. The standard InChI is InChI=1S/C17H19Cl2N/c1-2-20-17(11-8-13-6-4-3-5-7-13)15-12-14(18)9-10-16(15)19/h3-7,9-10,12,17,20H,2,8,11H2,1H3. The van der Waals surface area contributed by atoms with Crippen molar-refractivity contribution in [3.63, 3.8) is 0 Å². The van der Waals surface area contributed by atoms with Gasteiger partial charge in [0.15, 0.2) is 0 Å². The Labute approximate surface area is 130 Å². The van der Waals surface area contributed by atoms with Gasteiger partial charge in [0, 0.05) is 16.1 Å². The third kappa shape index (κ3) is 4.24. The minimum absolute atomic E-state index is 0.228. The van der Waals surface area contributed by atoms with Gasteiger partial charge in [-0.3, -0.25) is 0 Å². The molecule has 0 bridgehead atoms. The van der Waals surface area contributed by atoms with E-state index in [0.717, 1.165) is 35.0 Å². The highest BCUT2D eigenvalue weighted by atomic mass is 35.5. The van der Waals surface area contributed by atoms with Crippen molar-refractivity contribution in [1.29, 1.82) is 0 Å². The van der Waals surface area contributed by atoms with Crippen molar-refractivity contribution >= 4 is 23.2 Å². The van der Waals surface area contributed by atoms with Crippen LogP contribution in [0.15, 0.2) is 48.5 Å². The van der Waals surface area contributed by atoms with Crippen molar-refractivity contribution in [3.05, 3.63) is 69.7 Å². The molecule has 0 aliphatic carbocycles. The maximum absolute atomic E-state index is 6.31. The number of hydrogen-bond donors (Lipinski definition) is 1. The lowest BCUT2D eigenvalue weighted by atomic mass is 9.99. The third-order valence-corrected chi connectivity index (χ3v) is 3.93. The summed E-state index contributed by atoms with van der Waals surface area (Å²) in [6.45, 7) is 3.01. The first kappa shape index (κ1) is 15.4. The van der Waals surface area contributed by atoms with Crippen LogP contribution < -0.4 is 5.32 Å². The van der Waals surface area contributed by atoms with Crippen LogP contribution in [0.1, 0.15) is 30.5 Å². The van der Waals surface area contributed by atoms with Gasteiger partial charge in [-0.1, -0.05) is 60.5 Å². The molecule has 3 heteroatoms. The molecule has 0 saturated carbocycles. The molecule has 0 radical (unpaired) electrons. The fraction of sp³-hybridized carbons (Fsp3) is 0.294. The second-order valence-electron chi connectivity index (χ2n) is 4.80. The summed E-state index contributed by atoms with van der Waals surface area (Å²) < 4.78 is 0. The second-order valence-corrected chi connectivity index (χ2v) is 5.64. The van der Waals surface area contributed by atoms with Gasteiger partial charge in [0.05, 0.1) is 0 Å². The minimum Gasteiger partial charge on any atom is -0.310 e. The number of rotatable bonds is 6. The molecule has 0 spiro atoms. The molecule has 1 nitrogen and oxygen atoms in total. The second kappa shape index (κ2) is 7.68. The summed E-state index contributed by atoms with van der Waals surface area (Å²) in [4.78, 5) is 0. The SMILES string of the molecule is CCNC(CCc1ccccc1)c1cc(Cl)ccc1Cl. The molecule has 2 rings (SSSR count). The third-order valence-electron chi connectivity index (χ3n) is 3.35. The Morgan fingerprint density at radius 2 is 1.80 bits per heavy atom. The molecule has 2 aromatic rings. The van der Waals surface area contributed by atoms with Crippen LogP contribution >= 0.6 is 23.2 Å². The monoisotopic (exact) mass is 307 g/mol. The van der Waals surface area contributed by atoms with E-state index in [1.165, 1.54) is 5.56 Å². The van der Waals surface area contributed by atoms with Crippen molar-refractivity contribution in [2.24, 2.45) is 0 Å². The molecule has 0 saturated heterocycles. The summed E-state index contributed by atoms with van der Waals surface area (Å²) in [6, 6.07) is 16.4. The summed E-state index contributed by atoms with van der Waals surface area (Å²) >= 11 is 12.4. The van der Waals surface area contributed by atoms with Gasteiger partial charge in [-0.15, -0.1) is 0 Å². The quantitative estimate of drug-likeness (QED) is 0.766. The van der Waals surface area contributed by atoms with Crippen LogP contribution in [0.25, 0.3) is 0 Å². The average molecular weight is 308 g/mol. The van der Waals surface area contributed by atoms with Gasteiger partial charge in [0.1, 0.15) is 0 Å². The first-order valence-corrected chi connectivity index (χ1v) is 7.68. The molecule has 1 atom stereocenters. The highest BCUT2D eigenvalue weighted by Gasteiger charge is 2.14. The minimum atomic E-state index is 0.228. The average Bonchev–Trinajstić information content (AvgIpc) is 2.47. The predicted molar refractivity (Wildman–Crippen MR) is 87.6 cm³/mol. The molecule has 1 unspecified atom stereocenters. The van der Waals surface area contributed by atoms with Gasteiger partial charge in [0.2, 0.25) is 0 Å². The van der Waals surface area contributed by atoms with Crippen LogP contribution in [0, 0.1) is 0 Å². The molecular weight excluding hydrogens is 289 g/mol. The number of hydrogen-bond acceptors (Lipinski definition) is 1. The summed E-state index contributed by atoms with van der Waals surface area (Å²) in [5.74, 6) is 0. The van der Waals surface area contributed by atoms with Gasteiger partial charge in [-0.2, -0.15) is 0 Å². The lowest BCUT2D eigenvalue weighted by Gasteiger charge is -2.20. The summed E-state index contributed by atoms with van der Waals surface area (Å²) in [5, 5.41) is 4.99. The van der Waals surface area contributed by atoms with E-state index in [2.05, 4.69) is 36.5 Å². The fourth-order valence-electron chi connectivity index (χ4n) is 2.35. The van der Waals surface area contributed by atoms with Crippen molar-refractivity contribution in [2.45, 2.75) is 25.8 Å². The van der Waals surface area contributed by atoms with Crippen LogP contribution in [0.2, 0.25) is 10.0 Å². The van der Waals surface area contributed by atoms with Crippen LogP contribution in [-0.2, 0) is 6.42 Å². The molecule has 0 amide bonds. The van der Waals surface area contributed by atoms with Crippen molar-refractivity contribution in [3.8, 4) is 0 Å². The Balaban J connectivity index is 2.12. The summed E-state index contributed by atoms with van der Waals surface area (Å²) in [6.07, 6.45) is 2.01. The van der Waals surface area contributed by atoms with E-state index in [9.17, 15) is 0 Å². The predicted octanol–water partition coefficient (Wildman–Crippen LogP) is 5.28. The number of aryl methyl sites for hydroxylation is 1. The van der Waals surface area contributed by atoms with Crippen LogP contribution in [0.5, 0.6) is 0 Å². The van der Waals surface area contributed by atoms with Crippen molar-refractivity contribution < 1.29 is 0 Å². The van der Waals surface area contributed by atoms with Crippen molar-refractivity contribution in [2.75, 3.05) is 6.54 Å². The number of benzene rings is 2. The molecule has 0 aliphatic heterocycles. The Hall–Kier alpha value is -1.02. The molecule has 0 aromatic heterocycles. The van der Waals surface area contributed by atoms with Crippen LogP contribution in [0.3, 0.4) is 0 Å². The van der Waals surface area contributed by atoms with Gasteiger partial charge < -0.3 is 5.32 Å². The molecular formula is C17H19Cl2N. The molecule has 2 aromatic carbocycles. The highest BCUT2D eigenvalue weighted by molar-refractivity contribution is 6.33.